The number of unbranched alkanes of at least 4 members (excludes halogenated alkanes) is 1. The Bertz CT molecular complexity index is 399. The first-order valence-electron chi connectivity index (χ1n) is 5.62. The molecule has 86 valence electrons. The molecule has 0 fully saturated rings. The van der Waals surface area contributed by atoms with Crippen molar-refractivity contribution < 1.29 is 9.13 Å². The number of nitrogens with zero attached hydrogens (tertiary/aromatic N) is 4. The summed E-state index contributed by atoms with van der Waals surface area (Å²) in [5.74, 6) is 0. The lowest BCUT2D eigenvalue weighted by molar-refractivity contribution is -0.700. The fourth-order valence-corrected chi connectivity index (χ4v) is 1.71. The van der Waals surface area contributed by atoms with Gasteiger partial charge in [-0.3, -0.25) is 0 Å². The molecule has 0 atom stereocenters. The van der Waals surface area contributed by atoms with Crippen molar-refractivity contribution in [2.24, 2.45) is 14.1 Å². The smallest absolute Gasteiger partial charge is 0.203 e. The van der Waals surface area contributed by atoms with E-state index in [2.05, 4.69) is 34.2 Å². The van der Waals surface area contributed by atoms with Crippen LogP contribution < -0.4 is 9.13 Å². The molecule has 16 heavy (non-hydrogen) atoms. The molecule has 0 unspecified atom stereocenters. The van der Waals surface area contributed by atoms with Gasteiger partial charge < -0.3 is 18.3 Å². The summed E-state index contributed by atoms with van der Waals surface area (Å²) < 4.78 is 8.08. The third-order valence-electron chi connectivity index (χ3n) is 2.56. The maximum absolute atomic E-state index is 3.19. The van der Waals surface area contributed by atoms with E-state index in [1.54, 1.807) is 0 Å². The highest BCUT2D eigenvalue weighted by Crippen LogP contribution is 1.94. The maximum Gasteiger partial charge on any atom is 0.203 e. The number of rotatable bonds is 5. The van der Waals surface area contributed by atoms with E-state index in [9.17, 15) is 0 Å². The van der Waals surface area contributed by atoms with E-state index in [1.807, 2.05) is 35.6 Å². The van der Waals surface area contributed by atoms with Crippen LogP contribution in [0.2, 0.25) is 0 Å². The molecule has 4 nitrogen and oxygen atoms in total. The normalized spacial score (nSPS) is 10.9. The molecule has 0 bridgehead atoms. The van der Waals surface area contributed by atoms with Crippen LogP contribution in [0.1, 0.15) is 12.8 Å². The SMILES string of the molecule is Cn1[c-][n+](CCCCn2[c-][n+](C)cc2)cc1. The second-order valence-corrected chi connectivity index (χ2v) is 4.11. The molecule has 0 saturated heterocycles. The Morgan fingerprint density at radius 3 is 2.62 bits per heavy atom. The van der Waals surface area contributed by atoms with E-state index >= 15 is 0 Å². The van der Waals surface area contributed by atoms with E-state index in [0.717, 1.165) is 13.1 Å². The Kier molecular flexibility index (Phi) is 3.39. The minimum atomic E-state index is 1.04. The zero-order valence-electron chi connectivity index (χ0n) is 9.93. The van der Waals surface area contributed by atoms with Gasteiger partial charge in [-0.25, -0.2) is 0 Å². The standard InChI is InChI=1S/C12H18N4/c1-13-7-9-15(11-13)5-3-4-6-16-10-8-14(2)12-16/h7-10H,3-6H2,1-2H3. The summed E-state index contributed by atoms with van der Waals surface area (Å²) in [5, 5.41) is 0. The van der Waals surface area contributed by atoms with Gasteiger partial charge in [0.2, 0.25) is 12.7 Å². The molecular weight excluding hydrogens is 200 g/mol. The molecule has 0 radical (unpaired) electrons. The molecule has 0 aliphatic carbocycles. The average Bonchev–Trinajstić information content (AvgIpc) is 2.83. The zero-order valence-corrected chi connectivity index (χ0v) is 9.93. The van der Waals surface area contributed by atoms with E-state index in [-0.39, 0.29) is 0 Å². The predicted octanol–water partition coefficient (Wildman–Crippen LogP) is 0.0194. The lowest BCUT2D eigenvalue weighted by atomic mass is 10.3. The lowest BCUT2D eigenvalue weighted by Gasteiger charge is -2.01. The van der Waals surface area contributed by atoms with E-state index in [0.29, 0.717) is 0 Å². The maximum atomic E-state index is 3.19. The van der Waals surface area contributed by atoms with Crippen LogP contribution in [-0.4, -0.2) is 9.13 Å². The summed E-state index contributed by atoms with van der Waals surface area (Å²) in [4.78, 5) is 0. The van der Waals surface area contributed by atoms with Gasteiger partial charge in [0.05, 0.1) is 27.2 Å². The monoisotopic (exact) mass is 218 g/mol. The molecule has 0 aromatic carbocycles. The van der Waals surface area contributed by atoms with Gasteiger partial charge in [0.1, 0.15) is 0 Å². The fourth-order valence-electron chi connectivity index (χ4n) is 1.71. The number of aryl methyl sites for hydroxylation is 4. The van der Waals surface area contributed by atoms with Crippen molar-refractivity contribution in [1.82, 2.24) is 9.13 Å². The molecule has 2 aromatic rings. The number of hydrogen-bond acceptors (Lipinski definition) is 0. The average molecular weight is 218 g/mol. The fraction of sp³-hybridized carbons (Fsp3) is 0.500. The summed E-state index contributed by atoms with van der Waals surface area (Å²) in [6.45, 7) is 2.07. The van der Waals surface area contributed by atoms with Gasteiger partial charge >= 0.3 is 0 Å². The van der Waals surface area contributed by atoms with Crippen molar-refractivity contribution >= 4 is 0 Å². The van der Waals surface area contributed by atoms with Gasteiger partial charge in [0, 0.05) is 0 Å². The number of hydrogen-bond donors (Lipinski definition) is 0. The topological polar surface area (TPSA) is 17.6 Å². The molecule has 0 saturated carbocycles. The molecular formula is C12H18N4. The largest absolute Gasteiger partial charge is 0.354 e. The summed E-state index contributed by atoms with van der Waals surface area (Å²) in [5.41, 5.74) is 0. The Labute approximate surface area is 96.4 Å². The highest BCUT2D eigenvalue weighted by Gasteiger charge is 1.96. The van der Waals surface area contributed by atoms with Gasteiger partial charge in [0.15, 0.2) is 0 Å². The predicted molar refractivity (Wildman–Crippen MR) is 58.1 cm³/mol. The Balaban J connectivity index is 1.69. The first kappa shape index (κ1) is 10.9. The quantitative estimate of drug-likeness (QED) is 0.382. The van der Waals surface area contributed by atoms with Gasteiger partial charge in [-0.1, -0.05) is 0 Å². The van der Waals surface area contributed by atoms with Gasteiger partial charge in [0.25, 0.3) is 0 Å². The molecule has 2 aromatic heterocycles. The zero-order chi connectivity index (χ0) is 11.4. The molecule has 0 amide bonds. The number of aromatic nitrogens is 4. The minimum absolute atomic E-state index is 1.04. The Morgan fingerprint density at radius 1 is 1.12 bits per heavy atom. The lowest BCUT2D eigenvalue weighted by Crippen LogP contribution is -2.31. The summed E-state index contributed by atoms with van der Waals surface area (Å²) in [7, 11) is 3.98. The Morgan fingerprint density at radius 2 is 2.00 bits per heavy atom. The van der Waals surface area contributed by atoms with Gasteiger partial charge in [-0.15, -0.1) is 0 Å². The first-order valence-corrected chi connectivity index (χ1v) is 5.62. The van der Waals surface area contributed by atoms with E-state index in [4.69, 9.17) is 0 Å². The van der Waals surface area contributed by atoms with Crippen LogP contribution in [0.15, 0.2) is 24.8 Å². The van der Waals surface area contributed by atoms with Crippen LogP contribution in [-0.2, 0) is 27.2 Å². The van der Waals surface area contributed by atoms with Crippen LogP contribution in [0.4, 0.5) is 0 Å². The second-order valence-electron chi connectivity index (χ2n) is 4.11. The third kappa shape index (κ3) is 2.95. The van der Waals surface area contributed by atoms with Crippen molar-refractivity contribution in [3.63, 3.8) is 0 Å². The molecule has 0 aliphatic rings. The summed E-state index contributed by atoms with van der Waals surface area (Å²) >= 11 is 0. The van der Waals surface area contributed by atoms with Crippen molar-refractivity contribution in [2.75, 3.05) is 0 Å². The van der Waals surface area contributed by atoms with Gasteiger partial charge in [-0.05, 0) is 37.6 Å². The van der Waals surface area contributed by atoms with Crippen LogP contribution in [0.3, 0.4) is 0 Å². The van der Waals surface area contributed by atoms with Gasteiger partial charge in [-0.2, -0.15) is 0 Å². The van der Waals surface area contributed by atoms with E-state index < -0.39 is 0 Å². The second kappa shape index (κ2) is 4.96. The molecule has 0 aliphatic heterocycles. The Hall–Kier alpha value is -1.58. The van der Waals surface area contributed by atoms with Crippen molar-refractivity contribution in [3.8, 4) is 0 Å². The molecule has 0 N–H and O–H groups in total. The van der Waals surface area contributed by atoms with Crippen molar-refractivity contribution in [1.29, 1.82) is 0 Å². The van der Waals surface area contributed by atoms with E-state index in [1.165, 1.54) is 12.8 Å². The minimum Gasteiger partial charge on any atom is -0.354 e. The van der Waals surface area contributed by atoms with Crippen LogP contribution in [0.25, 0.3) is 0 Å². The highest BCUT2D eigenvalue weighted by molar-refractivity contribution is 4.64. The highest BCUT2D eigenvalue weighted by atomic mass is 15.1. The van der Waals surface area contributed by atoms with Crippen molar-refractivity contribution in [3.05, 3.63) is 37.4 Å². The molecule has 2 rings (SSSR count). The molecule has 0 spiro atoms. The first-order chi connectivity index (χ1) is 7.74. The van der Waals surface area contributed by atoms with Crippen LogP contribution in [0, 0.1) is 12.7 Å². The number of imidazole rings is 2. The van der Waals surface area contributed by atoms with Crippen LogP contribution >= 0.6 is 0 Å². The molecule has 4 heteroatoms. The third-order valence-corrected chi connectivity index (χ3v) is 2.56. The molecule has 2 heterocycles. The van der Waals surface area contributed by atoms with Crippen LogP contribution in [0.5, 0.6) is 0 Å². The van der Waals surface area contributed by atoms with Crippen molar-refractivity contribution in [2.45, 2.75) is 25.9 Å². The summed E-state index contributed by atoms with van der Waals surface area (Å²) in [6.07, 6.45) is 16.9. The summed E-state index contributed by atoms with van der Waals surface area (Å²) in [6, 6.07) is 0.